The SMILES string of the molecule is CCNc1ncccc1C(=O)Nc1cc(F)ccc1C. The van der Waals surface area contributed by atoms with Crippen LogP contribution in [0.15, 0.2) is 36.5 Å². The molecule has 5 heteroatoms. The van der Waals surface area contributed by atoms with Gasteiger partial charge in [0.2, 0.25) is 0 Å². The summed E-state index contributed by atoms with van der Waals surface area (Å²) in [6.07, 6.45) is 1.61. The van der Waals surface area contributed by atoms with E-state index in [4.69, 9.17) is 0 Å². The van der Waals surface area contributed by atoms with E-state index < -0.39 is 0 Å². The maximum atomic E-state index is 13.2. The van der Waals surface area contributed by atoms with Gasteiger partial charge in [-0.05, 0) is 43.7 Å². The average Bonchev–Trinajstić information content (AvgIpc) is 2.44. The average molecular weight is 273 g/mol. The summed E-state index contributed by atoms with van der Waals surface area (Å²) in [6.45, 7) is 4.40. The van der Waals surface area contributed by atoms with Crippen molar-refractivity contribution in [3.63, 3.8) is 0 Å². The summed E-state index contributed by atoms with van der Waals surface area (Å²) in [6, 6.07) is 7.65. The maximum absolute atomic E-state index is 13.2. The number of rotatable bonds is 4. The minimum absolute atomic E-state index is 0.317. The van der Waals surface area contributed by atoms with Gasteiger partial charge in [0.25, 0.3) is 5.91 Å². The van der Waals surface area contributed by atoms with Crippen molar-refractivity contribution in [2.75, 3.05) is 17.2 Å². The molecule has 0 unspecified atom stereocenters. The predicted octanol–water partition coefficient (Wildman–Crippen LogP) is 3.21. The third kappa shape index (κ3) is 3.12. The first-order chi connectivity index (χ1) is 9.61. The first kappa shape index (κ1) is 14.0. The van der Waals surface area contributed by atoms with Crippen LogP contribution in [0.25, 0.3) is 0 Å². The van der Waals surface area contributed by atoms with Crippen LogP contribution < -0.4 is 10.6 Å². The van der Waals surface area contributed by atoms with Crippen LogP contribution in [0.5, 0.6) is 0 Å². The Morgan fingerprint density at radius 1 is 1.35 bits per heavy atom. The van der Waals surface area contributed by atoms with Gasteiger partial charge in [0, 0.05) is 18.4 Å². The number of hydrogen-bond acceptors (Lipinski definition) is 3. The Hall–Kier alpha value is -2.43. The summed E-state index contributed by atoms with van der Waals surface area (Å²) >= 11 is 0. The van der Waals surface area contributed by atoms with E-state index in [1.807, 2.05) is 13.8 Å². The zero-order chi connectivity index (χ0) is 14.5. The molecule has 0 aliphatic heterocycles. The van der Waals surface area contributed by atoms with E-state index in [1.54, 1.807) is 24.4 Å². The van der Waals surface area contributed by atoms with Gasteiger partial charge in [-0.15, -0.1) is 0 Å². The van der Waals surface area contributed by atoms with Gasteiger partial charge in [0.1, 0.15) is 11.6 Å². The molecule has 0 aliphatic carbocycles. The third-order valence-electron chi connectivity index (χ3n) is 2.84. The lowest BCUT2D eigenvalue weighted by atomic mass is 10.1. The zero-order valence-electron chi connectivity index (χ0n) is 11.4. The summed E-state index contributed by atoms with van der Waals surface area (Å²) in [5.74, 6) is -0.187. The number of carbonyl (C=O) groups is 1. The Morgan fingerprint density at radius 2 is 2.15 bits per heavy atom. The van der Waals surface area contributed by atoms with Gasteiger partial charge >= 0.3 is 0 Å². The number of aryl methyl sites for hydroxylation is 1. The summed E-state index contributed by atoms with van der Waals surface area (Å²) in [4.78, 5) is 16.4. The highest BCUT2D eigenvalue weighted by atomic mass is 19.1. The number of nitrogens with zero attached hydrogens (tertiary/aromatic N) is 1. The number of aromatic nitrogens is 1. The number of halogens is 1. The van der Waals surface area contributed by atoms with Crippen molar-refractivity contribution in [1.29, 1.82) is 0 Å². The predicted molar refractivity (Wildman–Crippen MR) is 77.5 cm³/mol. The van der Waals surface area contributed by atoms with Crippen molar-refractivity contribution in [3.05, 3.63) is 53.5 Å². The van der Waals surface area contributed by atoms with E-state index in [1.165, 1.54) is 12.1 Å². The zero-order valence-corrected chi connectivity index (χ0v) is 11.4. The smallest absolute Gasteiger partial charge is 0.259 e. The third-order valence-corrected chi connectivity index (χ3v) is 2.84. The van der Waals surface area contributed by atoms with E-state index in [2.05, 4.69) is 15.6 Å². The molecule has 0 bridgehead atoms. The molecule has 0 saturated heterocycles. The fraction of sp³-hybridized carbons (Fsp3) is 0.200. The molecule has 2 N–H and O–H groups in total. The van der Waals surface area contributed by atoms with Gasteiger partial charge in [0.05, 0.1) is 5.56 Å². The number of pyridine rings is 1. The molecule has 4 nitrogen and oxygen atoms in total. The molecule has 0 atom stereocenters. The molecule has 0 spiro atoms. The largest absolute Gasteiger partial charge is 0.370 e. The van der Waals surface area contributed by atoms with Crippen molar-refractivity contribution in [2.24, 2.45) is 0 Å². The van der Waals surface area contributed by atoms with Gasteiger partial charge in [0.15, 0.2) is 0 Å². The van der Waals surface area contributed by atoms with Crippen LogP contribution in [0.1, 0.15) is 22.8 Å². The molecule has 20 heavy (non-hydrogen) atoms. The van der Waals surface area contributed by atoms with Crippen LogP contribution in [0.3, 0.4) is 0 Å². The van der Waals surface area contributed by atoms with Gasteiger partial charge in [-0.1, -0.05) is 6.07 Å². The number of amides is 1. The highest BCUT2D eigenvalue weighted by molar-refractivity contribution is 6.07. The summed E-state index contributed by atoms with van der Waals surface area (Å²) in [5.41, 5.74) is 1.69. The van der Waals surface area contributed by atoms with Crippen molar-refractivity contribution < 1.29 is 9.18 Å². The van der Waals surface area contributed by atoms with Crippen LogP contribution in [0, 0.1) is 12.7 Å². The minimum Gasteiger partial charge on any atom is -0.370 e. The molecule has 1 heterocycles. The lowest BCUT2D eigenvalue weighted by molar-refractivity contribution is 0.102. The Balaban J connectivity index is 2.26. The Kier molecular flexibility index (Phi) is 4.30. The minimum atomic E-state index is -0.385. The summed E-state index contributed by atoms with van der Waals surface area (Å²) in [7, 11) is 0. The maximum Gasteiger partial charge on any atom is 0.259 e. The lowest BCUT2D eigenvalue weighted by Crippen LogP contribution is -2.16. The van der Waals surface area contributed by atoms with Gasteiger partial charge < -0.3 is 10.6 Å². The molecular formula is C15H16FN3O. The molecule has 0 radical (unpaired) electrons. The van der Waals surface area contributed by atoms with Crippen LogP contribution in [-0.4, -0.2) is 17.4 Å². The van der Waals surface area contributed by atoms with E-state index >= 15 is 0 Å². The molecule has 1 aromatic heterocycles. The Bertz CT molecular complexity index is 628. The number of hydrogen-bond donors (Lipinski definition) is 2. The molecule has 0 fully saturated rings. The van der Waals surface area contributed by atoms with Crippen molar-refractivity contribution >= 4 is 17.4 Å². The highest BCUT2D eigenvalue weighted by Crippen LogP contribution is 2.19. The highest BCUT2D eigenvalue weighted by Gasteiger charge is 2.13. The molecule has 0 saturated carbocycles. The van der Waals surface area contributed by atoms with Crippen molar-refractivity contribution in [1.82, 2.24) is 4.98 Å². The van der Waals surface area contributed by atoms with E-state index in [9.17, 15) is 9.18 Å². The lowest BCUT2D eigenvalue weighted by Gasteiger charge is -2.11. The van der Waals surface area contributed by atoms with Gasteiger partial charge in [-0.3, -0.25) is 4.79 Å². The molecule has 1 amide bonds. The molecule has 104 valence electrons. The van der Waals surface area contributed by atoms with Crippen molar-refractivity contribution in [2.45, 2.75) is 13.8 Å². The standard InChI is InChI=1S/C15H16FN3O/c1-3-17-14-12(5-4-8-18-14)15(20)19-13-9-11(16)7-6-10(13)2/h4-9H,3H2,1-2H3,(H,17,18)(H,19,20). The first-order valence-corrected chi connectivity index (χ1v) is 6.38. The van der Waals surface area contributed by atoms with Gasteiger partial charge in [-0.25, -0.2) is 9.37 Å². The van der Waals surface area contributed by atoms with Crippen molar-refractivity contribution in [3.8, 4) is 0 Å². The fourth-order valence-electron chi connectivity index (χ4n) is 1.82. The first-order valence-electron chi connectivity index (χ1n) is 6.38. The van der Waals surface area contributed by atoms with E-state index in [0.29, 0.717) is 23.6 Å². The van der Waals surface area contributed by atoms with Crippen LogP contribution in [0.2, 0.25) is 0 Å². The van der Waals surface area contributed by atoms with Crippen LogP contribution in [0.4, 0.5) is 15.9 Å². The Labute approximate surface area is 117 Å². The van der Waals surface area contributed by atoms with E-state index in [0.717, 1.165) is 5.56 Å². The summed E-state index contributed by atoms with van der Waals surface area (Å²) < 4.78 is 13.2. The molecule has 1 aromatic carbocycles. The summed E-state index contributed by atoms with van der Waals surface area (Å²) in [5, 5.41) is 5.73. The number of nitrogens with one attached hydrogen (secondary N) is 2. The molecular weight excluding hydrogens is 257 g/mol. The fourth-order valence-corrected chi connectivity index (χ4v) is 1.82. The van der Waals surface area contributed by atoms with E-state index in [-0.39, 0.29) is 11.7 Å². The number of benzene rings is 1. The van der Waals surface area contributed by atoms with Crippen LogP contribution >= 0.6 is 0 Å². The molecule has 2 aromatic rings. The quantitative estimate of drug-likeness (QED) is 0.899. The van der Waals surface area contributed by atoms with Crippen LogP contribution in [-0.2, 0) is 0 Å². The monoisotopic (exact) mass is 273 g/mol. The normalized spacial score (nSPS) is 10.2. The van der Waals surface area contributed by atoms with Gasteiger partial charge in [-0.2, -0.15) is 0 Å². The second-order valence-corrected chi connectivity index (χ2v) is 4.34. The topological polar surface area (TPSA) is 54.0 Å². The number of carbonyl (C=O) groups excluding carboxylic acids is 1. The second kappa shape index (κ2) is 6.14. The molecule has 2 rings (SSSR count). The molecule has 0 aliphatic rings. The Morgan fingerprint density at radius 3 is 2.90 bits per heavy atom. The number of anilines is 2. The second-order valence-electron chi connectivity index (χ2n) is 4.34.